The summed E-state index contributed by atoms with van der Waals surface area (Å²) < 4.78 is 0. The predicted octanol–water partition coefficient (Wildman–Crippen LogP) is 2.03. The Morgan fingerprint density at radius 3 is 2.68 bits per heavy atom. The Hall–Kier alpha value is -2.14. The highest BCUT2D eigenvalue weighted by Gasteiger charge is 2.01. The quantitative estimate of drug-likeness (QED) is 0.564. The van der Waals surface area contributed by atoms with E-state index in [0.717, 1.165) is 24.5 Å². The summed E-state index contributed by atoms with van der Waals surface area (Å²) in [5, 5.41) is 3.29. The normalized spacial score (nSPS) is 10.3. The third-order valence-electron chi connectivity index (χ3n) is 2.95. The SMILES string of the molecule is Cc1cc(NCCc2ccccc2C)nc(NN)n1. The van der Waals surface area contributed by atoms with Crippen LogP contribution in [0.15, 0.2) is 30.3 Å². The fourth-order valence-corrected chi connectivity index (χ4v) is 1.94. The molecule has 2 aromatic rings. The average Bonchev–Trinajstić information content (AvgIpc) is 2.40. The molecule has 1 aromatic carbocycles. The Labute approximate surface area is 113 Å². The molecule has 0 aliphatic heterocycles. The molecule has 0 saturated carbocycles. The van der Waals surface area contributed by atoms with Crippen molar-refractivity contribution in [3.63, 3.8) is 0 Å². The zero-order chi connectivity index (χ0) is 13.7. The lowest BCUT2D eigenvalue weighted by atomic mass is 10.1. The molecule has 1 heterocycles. The van der Waals surface area contributed by atoms with Crippen LogP contribution in [-0.4, -0.2) is 16.5 Å². The Morgan fingerprint density at radius 2 is 1.95 bits per heavy atom. The fraction of sp³-hybridized carbons (Fsp3) is 0.286. The Bertz CT molecular complexity index is 553. The lowest BCUT2D eigenvalue weighted by Crippen LogP contribution is -2.13. The van der Waals surface area contributed by atoms with Gasteiger partial charge in [0.1, 0.15) is 5.82 Å². The summed E-state index contributed by atoms with van der Waals surface area (Å²) in [6, 6.07) is 10.3. The fourth-order valence-electron chi connectivity index (χ4n) is 1.94. The zero-order valence-corrected chi connectivity index (χ0v) is 11.3. The van der Waals surface area contributed by atoms with Crippen LogP contribution in [0.25, 0.3) is 0 Å². The topological polar surface area (TPSA) is 75.9 Å². The Morgan fingerprint density at radius 1 is 1.16 bits per heavy atom. The van der Waals surface area contributed by atoms with Crippen molar-refractivity contribution >= 4 is 11.8 Å². The van der Waals surface area contributed by atoms with Crippen LogP contribution in [0.5, 0.6) is 0 Å². The molecular formula is C14H19N5. The van der Waals surface area contributed by atoms with E-state index in [4.69, 9.17) is 5.84 Å². The first-order valence-electron chi connectivity index (χ1n) is 6.29. The number of nitrogens with zero attached hydrogens (tertiary/aromatic N) is 2. The van der Waals surface area contributed by atoms with Gasteiger partial charge in [-0.3, -0.25) is 5.43 Å². The molecule has 0 radical (unpaired) electrons. The third kappa shape index (κ3) is 3.66. The summed E-state index contributed by atoms with van der Waals surface area (Å²) in [6.45, 7) is 4.86. The van der Waals surface area contributed by atoms with Crippen LogP contribution in [0.3, 0.4) is 0 Å². The number of aromatic nitrogens is 2. The number of nitrogen functional groups attached to an aromatic ring is 1. The molecule has 100 valence electrons. The number of aryl methyl sites for hydroxylation is 2. The second-order valence-electron chi connectivity index (χ2n) is 4.47. The minimum absolute atomic E-state index is 0.429. The molecule has 1 aromatic heterocycles. The van der Waals surface area contributed by atoms with E-state index in [-0.39, 0.29) is 0 Å². The highest BCUT2D eigenvalue weighted by Crippen LogP contribution is 2.10. The molecule has 0 spiro atoms. The van der Waals surface area contributed by atoms with Gasteiger partial charge in [0.2, 0.25) is 5.95 Å². The van der Waals surface area contributed by atoms with Crippen molar-refractivity contribution in [1.29, 1.82) is 0 Å². The number of anilines is 2. The average molecular weight is 257 g/mol. The van der Waals surface area contributed by atoms with Crippen molar-refractivity contribution in [2.24, 2.45) is 5.84 Å². The maximum absolute atomic E-state index is 5.32. The minimum Gasteiger partial charge on any atom is -0.370 e. The summed E-state index contributed by atoms with van der Waals surface area (Å²) in [7, 11) is 0. The number of rotatable bonds is 5. The van der Waals surface area contributed by atoms with Gasteiger partial charge >= 0.3 is 0 Å². The summed E-state index contributed by atoms with van der Waals surface area (Å²) >= 11 is 0. The predicted molar refractivity (Wildman–Crippen MR) is 78.0 cm³/mol. The molecule has 5 nitrogen and oxygen atoms in total. The molecular weight excluding hydrogens is 238 g/mol. The molecule has 4 N–H and O–H groups in total. The van der Waals surface area contributed by atoms with Crippen LogP contribution in [0.4, 0.5) is 11.8 Å². The first-order valence-corrected chi connectivity index (χ1v) is 6.29. The Balaban J connectivity index is 1.96. The van der Waals surface area contributed by atoms with E-state index in [1.807, 2.05) is 13.0 Å². The molecule has 0 atom stereocenters. The van der Waals surface area contributed by atoms with Crippen LogP contribution >= 0.6 is 0 Å². The summed E-state index contributed by atoms with van der Waals surface area (Å²) in [4.78, 5) is 8.39. The van der Waals surface area contributed by atoms with Gasteiger partial charge < -0.3 is 5.32 Å². The van der Waals surface area contributed by atoms with Crippen molar-refractivity contribution in [2.45, 2.75) is 20.3 Å². The molecule has 0 amide bonds. The highest BCUT2D eigenvalue weighted by atomic mass is 15.3. The van der Waals surface area contributed by atoms with Gasteiger partial charge in [-0.15, -0.1) is 0 Å². The van der Waals surface area contributed by atoms with Gasteiger partial charge in [-0.05, 0) is 31.4 Å². The van der Waals surface area contributed by atoms with Gasteiger partial charge in [-0.1, -0.05) is 24.3 Å². The van der Waals surface area contributed by atoms with E-state index >= 15 is 0 Å². The van der Waals surface area contributed by atoms with Gasteiger partial charge in [-0.25, -0.2) is 10.8 Å². The van der Waals surface area contributed by atoms with Crippen molar-refractivity contribution in [1.82, 2.24) is 9.97 Å². The highest BCUT2D eigenvalue weighted by molar-refractivity contribution is 5.41. The number of hydrogen-bond acceptors (Lipinski definition) is 5. The largest absolute Gasteiger partial charge is 0.370 e. The smallest absolute Gasteiger partial charge is 0.239 e. The van der Waals surface area contributed by atoms with E-state index in [9.17, 15) is 0 Å². The van der Waals surface area contributed by atoms with E-state index < -0.39 is 0 Å². The van der Waals surface area contributed by atoms with E-state index in [0.29, 0.717) is 5.95 Å². The summed E-state index contributed by atoms with van der Waals surface area (Å²) in [5.41, 5.74) is 6.00. The summed E-state index contributed by atoms with van der Waals surface area (Å²) in [6.07, 6.45) is 0.959. The van der Waals surface area contributed by atoms with Crippen LogP contribution in [0.2, 0.25) is 0 Å². The second kappa shape index (κ2) is 6.15. The van der Waals surface area contributed by atoms with Crippen molar-refractivity contribution in [3.8, 4) is 0 Å². The van der Waals surface area contributed by atoms with Crippen LogP contribution in [0, 0.1) is 13.8 Å². The van der Waals surface area contributed by atoms with Crippen LogP contribution in [-0.2, 0) is 6.42 Å². The third-order valence-corrected chi connectivity index (χ3v) is 2.95. The van der Waals surface area contributed by atoms with Crippen molar-refractivity contribution in [2.75, 3.05) is 17.3 Å². The number of nitrogens with two attached hydrogens (primary N) is 1. The molecule has 0 unspecified atom stereocenters. The van der Waals surface area contributed by atoms with E-state index in [2.05, 4.69) is 51.9 Å². The molecule has 5 heteroatoms. The van der Waals surface area contributed by atoms with Gasteiger partial charge in [0.25, 0.3) is 0 Å². The summed E-state index contributed by atoms with van der Waals surface area (Å²) in [5.74, 6) is 6.54. The number of nitrogens with one attached hydrogen (secondary N) is 2. The molecule has 0 fully saturated rings. The number of hydrazine groups is 1. The molecule has 19 heavy (non-hydrogen) atoms. The van der Waals surface area contributed by atoms with Gasteiger partial charge in [0, 0.05) is 18.3 Å². The Kier molecular flexibility index (Phi) is 4.30. The first kappa shape index (κ1) is 13.3. The minimum atomic E-state index is 0.429. The monoisotopic (exact) mass is 257 g/mol. The lowest BCUT2D eigenvalue weighted by molar-refractivity contribution is 0.980. The zero-order valence-electron chi connectivity index (χ0n) is 11.3. The molecule has 0 bridgehead atoms. The van der Waals surface area contributed by atoms with E-state index in [1.54, 1.807) is 0 Å². The standard InChI is InChI=1S/C14H19N5/c1-10-5-3-4-6-12(10)7-8-16-13-9-11(2)17-14(18-13)19-15/h3-6,9H,7-8,15H2,1-2H3,(H2,16,17,18,19). The van der Waals surface area contributed by atoms with Gasteiger partial charge in [-0.2, -0.15) is 4.98 Å². The molecule has 2 rings (SSSR count). The molecule has 0 saturated heterocycles. The second-order valence-corrected chi connectivity index (χ2v) is 4.47. The molecule has 0 aliphatic rings. The number of benzene rings is 1. The number of hydrogen-bond donors (Lipinski definition) is 3. The van der Waals surface area contributed by atoms with Gasteiger partial charge in [0.05, 0.1) is 0 Å². The van der Waals surface area contributed by atoms with Crippen molar-refractivity contribution < 1.29 is 0 Å². The first-order chi connectivity index (χ1) is 9.19. The van der Waals surface area contributed by atoms with Crippen LogP contribution in [0.1, 0.15) is 16.8 Å². The molecule has 0 aliphatic carbocycles. The van der Waals surface area contributed by atoms with Crippen LogP contribution < -0.4 is 16.6 Å². The maximum Gasteiger partial charge on any atom is 0.239 e. The van der Waals surface area contributed by atoms with Crippen molar-refractivity contribution in [3.05, 3.63) is 47.2 Å². The van der Waals surface area contributed by atoms with E-state index in [1.165, 1.54) is 11.1 Å². The maximum atomic E-state index is 5.32. The van der Waals surface area contributed by atoms with Gasteiger partial charge in [0.15, 0.2) is 0 Å². The lowest BCUT2D eigenvalue weighted by Gasteiger charge is -2.09.